The number of hydrogen-bond donors (Lipinski definition) is 3. The maximum Gasteiger partial charge on any atom is 0.420 e. The van der Waals surface area contributed by atoms with Gasteiger partial charge < -0.3 is 34.2 Å². The first-order valence-corrected chi connectivity index (χ1v) is 26.1. The van der Waals surface area contributed by atoms with E-state index in [0.29, 0.717) is 44.8 Å². The summed E-state index contributed by atoms with van der Waals surface area (Å²) in [4.78, 5) is 58.6. The van der Waals surface area contributed by atoms with Crippen LogP contribution >= 0.6 is 23.1 Å². The average molecular weight is 980 g/mol. The highest BCUT2D eigenvalue weighted by molar-refractivity contribution is 9.10. The molecule has 3 fully saturated rings. The molecule has 0 bridgehead atoms. The van der Waals surface area contributed by atoms with Crippen molar-refractivity contribution < 1.29 is 23.3 Å². The normalized spacial score (nSPS) is 18.0. The van der Waals surface area contributed by atoms with E-state index in [-0.39, 0.29) is 18.7 Å². The predicted molar refractivity (Wildman–Crippen MR) is 263 cm³/mol. The Kier molecular flexibility index (Phi) is 13.1. The van der Waals surface area contributed by atoms with Gasteiger partial charge in [0, 0.05) is 92.6 Å². The lowest BCUT2D eigenvalue weighted by Gasteiger charge is -2.43. The highest BCUT2D eigenvalue weighted by Crippen LogP contribution is 2.42. The summed E-state index contributed by atoms with van der Waals surface area (Å²) in [5, 5.41) is 10.8. The van der Waals surface area contributed by atoms with E-state index in [9.17, 15) is 18.9 Å². The number of ether oxygens (including phenoxy) is 1. The lowest BCUT2D eigenvalue weighted by atomic mass is 9.99. The molecule has 6 heterocycles. The molecule has 3 N–H and O–H groups in total. The van der Waals surface area contributed by atoms with E-state index < -0.39 is 24.8 Å². The highest BCUT2D eigenvalue weighted by Gasteiger charge is 2.32. The van der Waals surface area contributed by atoms with Gasteiger partial charge in [0.15, 0.2) is 5.58 Å². The number of halogens is 1. The Morgan fingerprint density at radius 1 is 0.924 bits per heavy atom. The number of anilines is 5. The summed E-state index contributed by atoms with van der Waals surface area (Å²) < 4.78 is 27.2. The number of piperidine rings is 2. The van der Waals surface area contributed by atoms with E-state index in [1.807, 2.05) is 49.4 Å². The van der Waals surface area contributed by atoms with Crippen molar-refractivity contribution in [2.45, 2.75) is 64.5 Å². The zero-order chi connectivity index (χ0) is 46.3. The van der Waals surface area contributed by atoms with Crippen LogP contribution in [0.3, 0.4) is 0 Å². The Balaban J connectivity index is 0.802. The zero-order valence-electron chi connectivity index (χ0n) is 38.0. The third-order valence-corrected chi connectivity index (χ3v) is 15.3. The SMILES string of the molecule is CCc1cc(Nc2ncc(Br)c(Nc3ccc4nc(C)ccc4c3P(C)(C)=O)n2)c(OC)cc1N1CCC(N2CCN(CCc3ccc4c(c3)oc(=O)n4C3CCC(=O)NC3=O)CC2)CC1. The molecule has 6 aromatic rings. The number of pyridine rings is 1. The number of carbonyl (C=O) groups is 2. The molecule has 18 heteroatoms. The largest absolute Gasteiger partial charge is 0.494 e. The summed E-state index contributed by atoms with van der Waals surface area (Å²) in [6.07, 6.45) is 5.99. The van der Waals surface area contributed by atoms with Gasteiger partial charge in [0.05, 0.1) is 34.0 Å². The molecule has 66 heavy (non-hydrogen) atoms. The number of piperazine rings is 1. The van der Waals surface area contributed by atoms with Gasteiger partial charge in [-0.1, -0.05) is 19.1 Å². The number of hydrogen-bond acceptors (Lipinski definition) is 14. The van der Waals surface area contributed by atoms with Crippen LogP contribution in [0, 0.1) is 6.92 Å². The predicted octanol–water partition coefficient (Wildman–Crippen LogP) is 7.12. The van der Waals surface area contributed by atoms with Crippen LogP contribution < -0.4 is 36.6 Å². The van der Waals surface area contributed by atoms with Gasteiger partial charge in [0.1, 0.15) is 24.8 Å². The van der Waals surface area contributed by atoms with Crippen LogP contribution in [0.25, 0.3) is 22.0 Å². The van der Waals surface area contributed by atoms with Gasteiger partial charge in [-0.3, -0.25) is 29.4 Å². The van der Waals surface area contributed by atoms with Gasteiger partial charge in [-0.2, -0.15) is 4.98 Å². The van der Waals surface area contributed by atoms with Gasteiger partial charge in [-0.15, -0.1) is 0 Å². The number of aryl methyl sites for hydroxylation is 2. The molecule has 16 nitrogen and oxygen atoms in total. The van der Waals surface area contributed by atoms with Crippen LogP contribution in [0.2, 0.25) is 0 Å². The molecule has 9 rings (SSSR count). The van der Waals surface area contributed by atoms with Gasteiger partial charge >= 0.3 is 5.76 Å². The van der Waals surface area contributed by atoms with Crippen molar-refractivity contribution in [3.05, 3.63) is 92.6 Å². The molecule has 2 amide bonds. The molecule has 346 valence electrons. The van der Waals surface area contributed by atoms with Gasteiger partial charge in [0.2, 0.25) is 17.8 Å². The minimum absolute atomic E-state index is 0.190. The summed E-state index contributed by atoms with van der Waals surface area (Å²) in [5.74, 6) is 0.253. The first-order valence-electron chi connectivity index (χ1n) is 22.7. The Morgan fingerprint density at radius 3 is 2.44 bits per heavy atom. The summed E-state index contributed by atoms with van der Waals surface area (Å²) >= 11 is 3.62. The van der Waals surface area contributed by atoms with Gasteiger partial charge in [0.25, 0.3) is 0 Å². The van der Waals surface area contributed by atoms with Crippen molar-refractivity contribution in [1.29, 1.82) is 0 Å². The molecule has 3 aliphatic rings. The number of oxazole rings is 1. The molecule has 3 aromatic carbocycles. The van der Waals surface area contributed by atoms with Crippen LogP contribution in [0.5, 0.6) is 5.75 Å². The Labute approximate surface area is 392 Å². The molecule has 1 unspecified atom stereocenters. The molecule has 3 aliphatic heterocycles. The van der Waals surface area contributed by atoms with Crippen LogP contribution in [0.15, 0.2) is 74.5 Å². The topological polar surface area (TPSA) is 180 Å². The lowest BCUT2D eigenvalue weighted by molar-refractivity contribution is -0.135. The summed E-state index contributed by atoms with van der Waals surface area (Å²) in [6.45, 7) is 14.5. The fourth-order valence-electron chi connectivity index (χ4n) is 9.76. The molecule has 0 radical (unpaired) electrons. The smallest absolute Gasteiger partial charge is 0.420 e. The molecule has 0 saturated carbocycles. The van der Waals surface area contributed by atoms with E-state index >= 15 is 0 Å². The van der Waals surface area contributed by atoms with Crippen molar-refractivity contribution in [1.82, 2.24) is 34.6 Å². The number of benzene rings is 3. The van der Waals surface area contributed by atoms with Crippen LogP contribution in [-0.2, 0) is 27.0 Å². The first-order chi connectivity index (χ1) is 31.8. The van der Waals surface area contributed by atoms with E-state index in [2.05, 4.69) is 75.6 Å². The molecule has 1 atom stereocenters. The van der Waals surface area contributed by atoms with Crippen LogP contribution in [0.4, 0.5) is 28.8 Å². The Morgan fingerprint density at radius 2 is 1.71 bits per heavy atom. The minimum atomic E-state index is -2.73. The van der Waals surface area contributed by atoms with E-state index in [4.69, 9.17) is 14.1 Å². The lowest BCUT2D eigenvalue weighted by Crippen LogP contribution is -2.53. The van der Waals surface area contributed by atoms with Crippen LogP contribution in [0.1, 0.15) is 55.5 Å². The zero-order valence-corrected chi connectivity index (χ0v) is 40.5. The standard InChI is InChI=1S/C48H56BrN10O6P/c1-6-31-26-37(53-47-50-28-34(49)45(55-47)52-36-11-10-35-33(9-7-29(2)51-35)44(36)66(4,5)63)41(64-3)27-40(31)58-19-16-32(17-20-58)57-23-21-56(22-24-57)18-15-30-8-12-38-42(25-30)65-48(62)59(38)39-13-14-43(60)54-46(39)61/h7-12,25-28,32,39H,6,13-24H2,1-5H3,(H,54,60,61)(H2,50,52,53,55). The Hall–Kier alpha value is -5.61. The van der Waals surface area contributed by atoms with Crippen LogP contribution in [-0.4, -0.2) is 113 Å². The highest BCUT2D eigenvalue weighted by atomic mass is 79.9. The molecule has 0 spiro atoms. The number of nitrogens with zero attached hydrogens (tertiary/aromatic N) is 7. The number of nitrogens with one attached hydrogen (secondary N) is 3. The maximum absolute atomic E-state index is 13.7. The number of rotatable bonds is 13. The number of carbonyl (C=O) groups excluding carboxylic acids is 2. The quantitative estimate of drug-likeness (QED) is 0.0787. The number of amides is 2. The summed E-state index contributed by atoms with van der Waals surface area (Å²) in [6, 6.07) is 17.6. The fourth-order valence-corrected chi connectivity index (χ4v) is 11.5. The minimum Gasteiger partial charge on any atom is -0.494 e. The third kappa shape index (κ3) is 9.49. The second-order valence-corrected chi connectivity index (χ2v) is 21.9. The molecule has 3 aromatic heterocycles. The second-order valence-electron chi connectivity index (χ2n) is 17.9. The molecule has 3 saturated heterocycles. The Bertz CT molecular complexity index is 2940. The van der Waals surface area contributed by atoms with Crippen molar-refractivity contribution >= 4 is 91.0 Å². The summed E-state index contributed by atoms with van der Waals surface area (Å²) in [5.41, 5.74) is 7.67. The van der Waals surface area contributed by atoms with Crippen molar-refractivity contribution in [3.8, 4) is 5.75 Å². The third-order valence-electron chi connectivity index (χ3n) is 13.2. The average Bonchev–Trinajstić information content (AvgIpc) is 3.63. The molecular formula is C48H56BrN10O6P. The van der Waals surface area contributed by atoms with E-state index in [1.165, 1.54) is 15.8 Å². The molecule has 0 aliphatic carbocycles. The second kappa shape index (κ2) is 18.9. The van der Waals surface area contributed by atoms with Gasteiger partial charge in [-0.25, -0.2) is 9.78 Å². The number of aromatic nitrogens is 4. The first kappa shape index (κ1) is 45.5. The monoisotopic (exact) mass is 978 g/mol. The number of fused-ring (bicyclic) bond motifs is 2. The maximum atomic E-state index is 13.7. The number of imide groups is 1. The summed E-state index contributed by atoms with van der Waals surface area (Å²) in [7, 11) is -1.05. The molecular weight excluding hydrogens is 923 g/mol. The van der Waals surface area contributed by atoms with E-state index in [0.717, 1.165) is 105 Å². The van der Waals surface area contributed by atoms with Crippen molar-refractivity contribution in [2.75, 3.05) is 81.8 Å². The van der Waals surface area contributed by atoms with Gasteiger partial charge in [-0.05, 0) is 116 Å². The number of methoxy groups -OCH3 is 1. The van der Waals surface area contributed by atoms with Crippen molar-refractivity contribution in [3.63, 3.8) is 0 Å². The fraction of sp³-hybridized carbons (Fsp3) is 0.417. The van der Waals surface area contributed by atoms with E-state index in [1.54, 1.807) is 26.6 Å². The van der Waals surface area contributed by atoms with Crippen molar-refractivity contribution in [2.24, 2.45) is 0 Å².